The number of anilines is 1. The highest BCUT2D eigenvalue weighted by atomic mass is 35.5. The van der Waals surface area contributed by atoms with Crippen molar-refractivity contribution in [2.24, 2.45) is 5.73 Å². The van der Waals surface area contributed by atoms with Gasteiger partial charge in [0.25, 0.3) is 5.91 Å². The SMILES string of the molecule is COc1cc(CNc2cccc(C)c2C)cc(Cl)c1OCC(N)=O. The molecule has 5 nitrogen and oxygen atoms in total. The molecule has 0 unspecified atom stereocenters. The Balaban J connectivity index is 2.18. The number of methoxy groups -OCH3 is 1. The first-order valence-corrected chi connectivity index (χ1v) is 7.87. The van der Waals surface area contributed by atoms with Gasteiger partial charge in [-0.2, -0.15) is 0 Å². The Morgan fingerprint density at radius 3 is 2.71 bits per heavy atom. The third kappa shape index (κ3) is 4.32. The van der Waals surface area contributed by atoms with E-state index in [9.17, 15) is 4.79 Å². The van der Waals surface area contributed by atoms with E-state index in [1.807, 2.05) is 18.2 Å². The number of hydrogen-bond acceptors (Lipinski definition) is 4. The predicted molar refractivity (Wildman–Crippen MR) is 95.9 cm³/mol. The molecule has 128 valence electrons. The third-order valence-corrected chi connectivity index (χ3v) is 4.02. The van der Waals surface area contributed by atoms with Crippen LogP contribution in [0.4, 0.5) is 5.69 Å². The lowest BCUT2D eigenvalue weighted by Crippen LogP contribution is -2.20. The molecule has 6 heteroatoms. The van der Waals surface area contributed by atoms with Crippen LogP contribution in [0.5, 0.6) is 11.5 Å². The number of carbonyl (C=O) groups is 1. The third-order valence-electron chi connectivity index (χ3n) is 3.74. The molecule has 0 spiro atoms. The van der Waals surface area contributed by atoms with E-state index in [4.69, 9.17) is 26.8 Å². The number of carbonyl (C=O) groups excluding carboxylic acids is 1. The van der Waals surface area contributed by atoms with E-state index >= 15 is 0 Å². The summed E-state index contributed by atoms with van der Waals surface area (Å²) in [7, 11) is 1.52. The Hall–Kier alpha value is -2.40. The fourth-order valence-corrected chi connectivity index (χ4v) is 2.59. The van der Waals surface area contributed by atoms with Crippen LogP contribution in [0.1, 0.15) is 16.7 Å². The fraction of sp³-hybridized carbons (Fsp3) is 0.278. The number of amides is 1. The second kappa shape index (κ2) is 7.93. The summed E-state index contributed by atoms with van der Waals surface area (Å²) in [6.45, 7) is 4.48. The first-order valence-electron chi connectivity index (χ1n) is 7.50. The Morgan fingerprint density at radius 1 is 1.29 bits per heavy atom. The summed E-state index contributed by atoms with van der Waals surface area (Å²) in [5.41, 5.74) is 9.53. The highest BCUT2D eigenvalue weighted by Crippen LogP contribution is 2.36. The molecule has 0 heterocycles. The van der Waals surface area contributed by atoms with Gasteiger partial charge in [-0.25, -0.2) is 0 Å². The molecule has 0 radical (unpaired) electrons. The maximum absolute atomic E-state index is 10.9. The van der Waals surface area contributed by atoms with Crippen molar-refractivity contribution in [3.63, 3.8) is 0 Å². The van der Waals surface area contributed by atoms with Crippen molar-refractivity contribution in [2.45, 2.75) is 20.4 Å². The highest BCUT2D eigenvalue weighted by molar-refractivity contribution is 6.32. The molecule has 0 fully saturated rings. The number of nitrogens with two attached hydrogens (primary N) is 1. The van der Waals surface area contributed by atoms with E-state index in [-0.39, 0.29) is 6.61 Å². The summed E-state index contributed by atoms with van der Waals surface area (Å²) in [5, 5.41) is 3.76. The molecule has 1 amide bonds. The molecule has 0 aliphatic heterocycles. The summed E-state index contributed by atoms with van der Waals surface area (Å²) in [6.07, 6.45) is 0. The van der Waals surface area contributed by atoms with Crippen molar-refractivity contribution in [3.05, 3.63) is 52.0 Å². The zero-order valence-electron chi connectivity index (χ0n) is 14.0. The van der Waals surface area contributed by atoms with Gasteiger partial charge in [0.15, 0.2) is 18.1 Å². The molecule has 0 aliphatic rings. The van der Waals surface area contributed by atoms with Crippen LogP contribution in [-0.2, 0) is 11.3 Å². The normalized spacial score (nSPS) is 10.3. The standard InChI is InChI=1S/C18H21ClN2O3/c1-11-5-4-6-15(12(11)2)21-9-13-7-14(19)18(16(8-13)23-3)24-10-17(20)22/h4-8,21H,9-10H2,1-3H3,(H2,20,22). The molecule has 24 heavy (non-hydrogen) atoms. The molecule has 2 rings (SSSR count). The average molecular weight is 349 g/mol. The molecular formula is C18H21ClN2O3. The number of rotatable bonds is 7. The van der Waals surface area contributed by atoms with E-state index in [0.717, 1.165) is 11.3 Å². The van der Waals surface area contributed by atoms with Gasteiger partial charge in [0, 0.05) is 12.2 Å². The summed E-state index contributed by atoms with van der Waals surface area (Å²) in [6, 6.07) is 9.72. The van der Waals surface area contributed by atoms with Gasteiger partial charge in [-0.1, -0.05) is 23.7 Å². The lowest BCUT2D eigenvalue weighted by molar-refractivity contribution is -0.119. The van der Waals surface area contributed by atoms with Crippen LogP contribution in [-0.4, -0.2) is 19.6 Å². The first kappa shape index (κ1) is 17.9. The molecule has 0 saturated carbocycles. The molecular weight excluding hydrogens is 328 g/mol. The topological polar surface area (TPSA) is 73.6 Å². The molecule has 0 saturated heterocycles. The van der Waals surface area contributed by atoms with Gasteiger partial charge in [0.05, 0.1) is 12.1 Å². The first-order chi connectivity index (χ1) is 11.4. The summed E-state index contributed by atoms with van der Waals surface area (Å²) in [4.78, 5) is 10.9. The largest absolute Gasteiger partial charge is 0.493 e. The maximum atomic E-state index is 10.9. The van der Waals surface area contributed by atoms with Crippen LogP contribution in [0, 0.1) is 13.8 Å². The van der Waals surface area contributed by atoms with Crippen LogP contribution in [0.25, 0.3) is 0 Å². The lowest BCUT2D eigenvalue weighted by Gasteiger charge is -2.15. The monoisotopic (exact) mass is 348 g/mol. The second-order valence-electron chi connectivity index (χ2n) is 5.47. The highest BCUT2D eigenvalue weighted by Gasteiger charge is 2.13. The fourth-order valence-electron chi connectivity index (χ4n) is 2.30. The number of benzene rings is 2. The Morgan fingerprint density at radius 2 is 2.04 bits per heavy atom. The van der Waals surface area contributed by atoms with Crippen LogP contribution in [0.2, 0.25) is 5.02 Å². The summed E-state index contributed by atoms with van der Waals surface area (Å²) in [5.74, 6) is 0.198. The molecule has 2 aromatic rings. The Bertz CT molecular complexity index is 747. The number of halogens is 1. The number of hydrogen-bond donors (Lipinski definition) is 2. The molecule has 3 N–H and O–H groups in total. The molecule has 0 aromatic heterocycles. The van der Waals surface area contributed by atoms with Gasteiger partial charge in [-0.3, -0.25) is 4.79 Å². The lowest BCUT2D eigenvalue weighted by atomic mass is 10.1. The minimum Gasteiger partial charge on any atom is -0.493 e. The number of nitrogens with one attached hydrogen (secondary N) is 1. The van der Waals surface area contributed by atoms with Gasteiger partial charge >= 0.3 is 0 Å². The number of ether oxygens (including phenoxy) is 2. The Labute approximate surface area is 146 Å². The van der Waals surface area contributed by atoms with Crippen LogP contribution in [0.15, 0.2) is 30.3 Å². The average Bonchev–Trinajstić information content (AvgIpc) is 2.54. The van der Waals surface area contributed by atoms with E-state index < -0.39 is 5.91 Å². The van der Waals surface area contributed by atoms with Crippen molar-refractivity contribution in [3.8, 4) is 11.5 Å². The second-order valence-corrected chi connectivity index (χ2v) is 5.87. The van der Waals surface area contributed by atoms with E-state index in [1.165, 1.54) is 18.2 Å². The quantitative estimate of drug-likeness (QED) is 0.803. The molecule has 0 atom stereocenters. The van der Waals surface area contributed by atoms with Crippen molar-refractivity contribution in [1.82, 2.24) is 0 Å². The smallest absolute Gasteiger partial charge is 0.255 e. The van der Waals surface area contributed by atoms with Crippen LogP contribution >= 0.6 is 11.6 Å². The van der Waals surface area contributed by atoms with Gasteiger partial charge in [-0.05, 0) is 48.7 Å². The van der Waals surface area contributed by atoms with Gasteiger partial charge in [0.1, 0.15) is 0 Å². The van der Waals surface area contributed by atoms with Crippen molar-refractivity contribution in [2.75, 3.05) is 19.0 Å². The number of aryl methyl sites for hydroxylation is 1. The molecule has 2 aromatic carbocycles. The minimum atomic E-state index is -0.575. The Kier molecular flexibility index (Phi) is 5.93. The number of primary amides is 1. The maximum Gasteiger partial charge on any atom is 0.255 e. The van der Waals surface area contributed by atoms with Crippen molar-refractivity contribution < 1.29 is 14.3 Å². The van der Waals surface area contributed by atoms with E-state index in [2.05, 4.69) is 25.2 Å². The summed E-state index contributed by atoms with van der Waals surface area (Å²) < 4.78 is 10.6. The van der Waals surface area contributed by atoms with Crippen LogP contribution in [0.3, 0.4) is 0 Å². The van der Waals surface area contributed by atoms with Crippen molar-refractivity contribution >= 4 is 23.2 Å². The van der Waals surface area contributed by atoms with E-state index in [1.54, 1.807) is 6.07 Å². The zero-order chi connectivity index (χ0) is 17.7. The van der Waals surface area contributed by atoms with Gasteiger partial charge in [-0.15, -0.1) is 0 Å². The molecule has 0 bridgehead atoms. The van der Waals surface area contributed by atoms with Gasteiger partial charge < -0.3 is 20.5 Å². The predicted octanol–water partition coefficient (Wildman–Crippen LogP) is 3.44. The van der Waals surface area contributed by atoms with Crippen LogP contribution < -0.4 is 20.5 Å². The summed E-state index contributed by atoms with van der Waals surface area (Å²) >= 11 is 6.25. The van der Waals surface area contributed by atoms with Gasteiger partial charge in [0.2, 0.25) is 0 Å². The minimum absolute atomic E-state index is 0.254. The molecule has 0 aliphatic carbocycles. The van der Waals surface area contributed by atoms with E-state index in [0.29, 0.717) is 23.1 Å². The van der Waals surface area contributed by atoms with Crippen molar-refractivity contribution in [1.29, 1.82) is 0 Å². The zero-order valence-corrected chi connectivity index (χ0v) is 14.7.